The maximum Gasteiger partial charge on any atom is 0 e. The van der Waals surface area contributed by atoms with Crippen LogP contribution in [0.3, 0.4) is 0 Å². The fraction of sp³-hybridized carbons (Fsp3) is 0.600. The summed E-state index contributed by atoms with van der Waals surface area (Å²) in [4.78, 5) is 0. The number of hydrogen-bond acceptors (Lipinski definition) is 2. The smallest absolute Gasteiger partial charge is 0 e. The zero-order valence-electron chi connectivity index (χ0n) is 4.85. The molecule has 0 spiro atoms. The number of aliphatic hydroxyl groups is 1. The van der Waals surface area contributed by atoms with Crippen molar-refractivity contribution in [1.29, 1.82) is 0 Å². The molecule has 0 atom stereocenters. The molecular weight excluding hydrogens is 462 g/mol. The van der Waals surface area contributed by atoms with E-state index < -0.39 is 0 Å². The molecule has 1 aliphatic heterocycles. The first-order valence-corrected chi connectivity index (χ1v) is 2.45. The average molecular weight is 472 g/mol. The van der Waals surface area contributed by atoms with Crippen molar-refractivity contribution in [3.63, 3.8) is 0 Å². The van der Waals surface area contributed by atoms with Gasteiger partial charge in [0, 0.05) is 40.8 Å². The van der Waals surface area contributed by atoms with Gasteiger partial charge in [-0.15, -0.1) is 13.1 Å². The van der Waals surface area contributed by atoms with E-state index in [-0.39, 0.29) is 46.9 Å². The molecule has 0 bridgehead atoms. The molecule has 56 valence electrons. The first kappa shape index (κ1) is 12.9. The summed E-state index contributed by atoms with van der Waals surface area (Å²) in [7, 11) is 0. The van der Waals surface area contributed by atoms with E-state index >= 15 is 0 Å². The fourth-order valence-electron chi connectivity index (χ4n) is 0.588. The Kier molecular flexibility index (Phi) is 10.5. The maximum atomic E-state index is 8.76. The molecule has 2 N–H and O–H groups in total. The van der Waals surface area contributed by atoms with Gasteiger partial charge in [-0.25, -0.2) is 0 Å². The van der Waals surface area contributed by atoms with Crippen molar-refractivity contribution in [2.75, 3.05) is 13.1 Å². The van der Waals surface area contributed by atoms with Crippen molar-refractivity contribution < 1.29 is 46.0 Å². The second-order valence-electron chi connectivity index (χ2n) is 1.62. The van der Waals surface area contributed by atoms with E-state index in [1.165, 1.54) is 0 Å². The van der Waals surface area contributed by atoms with Crippen LogP contribution in [-0.2, 0) is 40.8 Å². The first-order valence-electron chi connectivity index (χ1n) is 2.45. The summed E-state index contributed by atoms with van der Waals surface area (Å²) < 4.78 is 0. The van der Waals surface area contributed by atoms with Gasteiger partial charge in [-0.05, 0) is 0 Å². The molecule has 1 fully saturated rings. The normalized spacial score (nSPS) is 19.7. The zero-order chi connectivity index (χ0) is 5.11. The predicted octanol–water partition coefficient (Wildman–Crippen LogP) is -0.646. The van der Waals surface area contributed by atoms with Crippen LogP contribution in [-0.4, -0.2) is 24.3 Å². The summed E-state index contributed by atoms with van der Waals surface area (Å²) in [6, 6.07) is 0. The third kappa shape index (κ3) is 5.68. The van der Waals surface area contributed by atoms with Gasteiger partial charge in [0.2, 0.25) is 0 Å². The quantitative estimate of drug-likeness (QED) is 0.461. The van der Waals surface area contributed by atoms with Crippen molar-refractivity contribution >= 4 is 0 Å². The Labute approximate surface area is 83.1 Å². The van der Waals surface area contributed by atoms with Crippen molar-refractivity contribution in [1.82, 2.24) is 5.32 Å². The van der Waals surface area contributed by atoms with E-state index in [1.54, 1.807) is 0 Å². The summed E-state index contributed by atoms with van der Waals surface area (Å²) in [5.74, 6) is 0. The Bertz CT molecular complexity index is 56.9. The molecule has 0 aromatic heterocycles. The van der Waals surface area contributed by atoms with Crippen LogP contribution in [0.4, 0.5) is 0 Å². The molecule has 0 aromatic carbocycles. The second-order valence-corrected chi connectivity index (χ2v) is 1.62. The molecule has 0 aromatic rings. The maximum absolute atomic E-state index is 8.76. The molecule has 1 aliphatic rings. The van der Waals surface area contributed by atoms with Crippen LogP contribution >= 0.6 is 0 Å². The third-order valence-electron chi connectivity index (χ3n) is 1.01. The van der Waals surface area contributed by atoms with Gasteiger partial charge in [0.15, 0.2) is 0 Å². The largest absolute Gasteiger partial charge is 0.455 e. The summed E-state index contributed by atoms with van der Waals surface area (Å²) in [6.07, 6.45) is 3.37. The van der Waals surface area contributed by atoms with Crippen molar-refractivity contribution in [2.45, 2.75) is 6.10 Å². The van der Waals surface area contributed by atoms with Crippen LogP contribution in [0, 0.1) is 12.8 Å². The van der Waals surface area contributed by atoms with Gasteiger partial charge < -0.3 is 23.3 Å². The van der Waals surface area contributed by atoms with E-state index in [4.69, 9.17) is 5.11 Å². The van der Waals surface area contributed by atoms with E-state index in [2.05, 4.69) is 5.32 Å². The summed E-state index contributed by atoms with van der Waals surface area (Å²) in [6.45, 7) is 1.66. The predicted molar refractivity (Wildman–Crippen MR) is 27.5 cm³/mol. The van der Waals surface area contributed by atoms with Crippen molar-refractivity contribution in [2.24, 2.45) is 0 Å². The fourth-order valence-corrected chi connectivity index (χ4v) is 0.588. The summed E-state index contributed by atoms with van der Waals surface area (Å²) in [5.41, 5.74) is 0. The average Bonchev–Trinajstić information content (AvgIpc) is 1.69. The number of piperidine rings is 1. The van der Waals surface area contributed by atoms with E-state index in [0.29, 0.717) is 0 Å². The molecule has 1 saturated heterocycles. The Balaban J connectivity index is 0. The van der Waals surface area contributed by atoms with Gasteiger partial charge in [0.25, 0.3) is 0 Å². The van der Waals surface area contributed by atoms with Gasteiger partial charge in [0.05, 0.1) is 0 Å². The van der Waals surface area contributed by atoms with Crippen LogP contribution in [0.2, 0.25) is 0 Å². The van der Waals surface area contributed by atoms with Crippen molar-refractivity contribution in [3.8, 4) is 0 Å². The molecule has 0 saturated carbocycles. The van der Waals surface area contributed by atoms with Gasteiger partial charge in [-0.1, -0.05) is 0 Å². The van der Waals surface area contributed by atoms with E-state index in [0.717, 1.165) is 13.1 Å². The molecular formula is C5H9NORe2-2. The molecule has 4 heteroatoms. The zero-order valence-corrected chi connectivity index (χ0v) is 10.3. The van der Waals surface area contributed by atoms with Gasteiger partial charge in [-0.3, -0.25) is 0 Å². The molecule has 1 rings (SSSR count). The summed E-state index contributed by atoms with van der Waals surface area (Å²) >= 11 is 0. The molecule has 0 aliphatic carbocycles. The molecule has 1 heterocycles. The third-order valence-corrected chi connectivity index (χ3v) is 1.01. The monoisotopic (exact) mass is 473 g/mol. The second kappa shape index (κ2) is 7.35. The topological polar surface area (TPSA) is 32.3 Å². The van der Waals surface area contributed by atoms with E-state index in [9.17, 15) is 0 Å². The molecule has 2 nitrogen and oxygen atoms in total. The molecule has 9 heavy (non-hydrogen) atoms. The minimum atomic E-state index is -0.277. The Morgan fingerprint density at radius 3 is 1.89 bits per heavy atom. The van der Waals surface area contributed by atoms with Crippen LogP contribution in [0.25, 0.3) is 0 Å². The standard InChI is InChI=1S/C5H9NO.2Re/c7-5-1-3-6-4-2-5;;/h1-2,5-7H,3-4H2;;/q-2;;. The minimum Gasteiger partial charge on any atom is -0.455 e. The number of aliphatic hydroxyl groups excluding tert-OH is 1. The summed E-state index contributed by atoms with van der Waals surface area (Å²) in [5, 5.41) is 11.8. The van der Waals surface area contributed by atoms with Crippen LogP contribution in [0.5, 0.6) is 0 Å². The van der Waals surface area contributed by atoms with Gasteiger partial charge in [-0.2, -0.15) is 6.10 Å². The Morgan fingerprint density at radius 2 is 1.67 bits per heavy atom. The number of rotatable bonds is 0. The molecule has 0 amide bonds. The minimum absolute atomic E-state index is 0. The Morgan fingerprint density at radius 1 is 1.22 bits per heavy atom. The first-order chi connectivity index (χ1) is 3.39. The number of nitrogens with one attached hydrogen (secondary N) is 1. The van der Waals surface area contributed by atoms with Crippen molar-refractivity contribution in [3.05, 3.63) is 12.8 Å². The number of hydrogen-bond donors (Lipinski definition) is 2. The molecule has 2 radical (unpaired) electrons. The Hall–Kier alpha value is 1.24. The van der Waals surface area contributed by atoms with Crippen LogP contribution < -0.4 is 5.32 Å². The SMILES string of the molecule is OC1[CH-]CNC[CH-]1.[Re].[Re]. The van der Waals surface area contributed by atoms with E-state index in [1.807, 2.05) is 12.8 Å². The van der Waals surface area contributed by atoms with Crippen LogP contribution in [0.15, 0.2) is 0 Å². The molecule has 0 unspecified atom stereocenters. The van der Waals surface area contributed by atoms with Gasteiger partial charge in [0.1, 0.15) is 0 Å². The van der Waals surface area contributed by atoms with Crippen LogP contribution in [0.1, 0.15) is 0 Å². The van der Waals surface area contributed by atoms with Gasteiger partial charge >= 0.3 is 0 Å².